The molecule has 1 heterocycles. The first-order chi connectivity index (χ1) is 12.8. The SMILES string of the molecule is NC(=NCCc1csc(-c2ccccc2)n1)Nc1ccc2c(c1)CCC2. The van der Waals surface area contributed by atoms with E-state index in [0.29, 0.717) is 12.5 Å². The van der Waals surface area contributed by atoms with E-state index in [9.17, 15) is 0 Å². The van der Waals surface area contributed by atoms with Crippen molar-refractivity contribution in [2.45, 2.75) is 25.7 Å². The summed E-state index contributed by atoms with van der Waals surface area (Å²) in [5, 5.41) is 6.35. The standard InChI is InChI=1S/C21H22N4S/c22-21(25-18-10-9-15-7-4-8-17(15)13-18)23-12-11-19-14-26-20(24-19)16-5-2-1-3-6-16/h1-3,5-6,9-10,13-14H,4,7-8,11-12H2,(H3,22,23,25). The maximum Gasteiger partial charge on any atom is 0.193 e. The van der Waals surface area contributed by atoms with E-state index < -0.39 is 0 Å². The predicted octanol–water partition coefficient (Wildman–Crippen LogP) is 4.27. The molecule has 0 aliphatic heterocycles. The summed E-state index contributed by atoms with van der Waals surface area (Å²) in [6.07, 6.45) is 4.39. The van der Waals surface area contributed by atoms with E-state index in [1.807, 2.05) is 18.2 Å². The summed E-state index contributed by atoms with van der Waals surface area (Å²) in [5.74, 6) is 0.460. The van der Waals surface area contributed by atoms with Gasteiger partial charge >= 0.3 is 0 Å². The molecule has 2 aromatic carbocycles. The average Bonchev–Trinajstić information content (AvgIpc) is 3.31. The van der Waals surface area contributed by atoms with E-state index in [1.54, 1.807) is 11.3 Å². The van der Waals surface area contributed by atoms with Gasteiger partial charge in [-0.05, 0) is 42.5 Å². The molecule has 0 saturated carbocycles. The Hall–Kier alpha value is -2.66. The first-order valence-corrected chi connectivity index (χ1v) is 9.84. The van der Waals surface area contributed by atoms with Gasteiger partial charge in [-0.3, -0.25) is 4.99 Å². The lowest BCUT2D eigenvalue weighted by atomic mass is 10.1. The van der Waals surface area contributed by atoms with Crippen molar-refractivity contribution in [3.8, 4) is 10.6 Å². The minimum Gasteiger partial charge on any atom is -0.370 e. The van der Waals surface area contributed by atoms with Gasteiger partial charge in [0.15, 0.2) is 5.96 Å². The molecule has 3 aromatic rings. The monoisotopic (exact) mass is 362 g/mol. The zero-order valence-corrected chi connectivity index (χ0v) is 15.4. The molecule has 0 saturated heterocycles. The van der Waals surface area contributed by atoms with Crippen LogP contribution in [0.5, 0.6) is 0 Å². The summed E-state index contributed by atoms with van der Waals surface area (Å²) in [5.41, 5.74) is 12.2. The number of fused-ring (bicyclic) bond motifs is 1. The summed E-state index contributed by atoms with van der Waals surface area (Å²) < 4.78 is 0. The van der Waals surface area contributed by atoms with Crippen molar-refractivity contribution in [3.63, 3.8) is 0 Å². The lowest BCUT2D eigenvalue weighted by molar-refractivity contribution is 0.912. The molecule has 0 bridgehead atoms. The molecule has 0 amide bonds. The number of anilines is 1. The number of nitrogens with zero attached hydrogens (tertiary/aromatic N) is 2. The van der Waals surface area contributed by atoms with Crippen LogP contribution in [0.15, 0.2) is 58.9 Å². The maximum atomic E-state index is 6.03. The van der Waals surface area contributed by atoms with E-state index in [4.69, 9.17) is 5.73 Å². The highest BCUT2D eigenvalue weighted by Crippen LogP contribution is 2.25. The quantitative estimate of drug-likeness (QED) is 0.526. The molecule has 1 aliphatic rings. The van der Waals surface area contributed by atoms with Gasteiger partial charge < -0.3 is 11.1 Å². The summed E-state index contributed by atoms with van der Waals surface area (Å²) in [6.45, 7) is 0.627. The van der Waals surface area contributed by atoms with Crippen LogP contribution in [0.4, 0.5) is 5.69 Å². The topological polar surface area (TPSA) is 63.3 Å². The number of aromatic nitrogens is 1. The number of guanidine groups is 1. The predicted molar refractivity (Wildman–Crippen MR) is 110 cm³/mol. The second kappa shape index (κ2) is 7.70. The van der Waals surface area contributed by atoms with E-state index in [2.05, 4.69) is 51.0 Å². The summed E-state index contributed by atoms with van der Waals surface area (Å²) in [7, 11) is 0. The first-order valence-electron chi connectivity index (χ1n) is 8.96. The first kappa shape index (κ1) is 16.8. The Kier molecular flexibility index (Phi) is 4.97. The summed E-state index contributed by atoms with van der Waals surface area (Å²) in [6, 6.07) is 16.7. The number of aliphatic imine (C=N–C) groups is 1. The molecule has 0 radical (unpaired) electrons. The third-order valence-corrected chi connectivity index (χ3v) is 5.53. The molecule has 3 N–H and O–H groups in total. The molecule has 0 unspecified atom stereocenters. The smallest absolute Gasteiger partial charge is 0.193 e. The van der Waals surface area contributed by atoms with Gasteiger partial charge in [-0.2, -0.15) is 0 Å². The van der Waals surface area contributed by atoms with Crippen LogP contribution in [0, 0.1) is 0 Å². The zero-order chi connectivity index (χ0) is 17.8. The van der Waals surface area contributed by atoms with Crippen LogP contribution in [-0.2, 0) is 19.3 Å². The summed E-state index contributed by atoms with van der Waals surface area (Å²) >= 11 is 1.67. The van der Waals surface area contributed by atoms with Crippen LogP contribution >= 0.6 is 11.3 Å². The number of aryl methyl sites for hydroxylation is 2. The minimum absolute atomic E-state index is 0.460. The molecule has 1 aliphatic carbocycles. The number of hydrogen-bond donors (Lipinski definition) is 2. The van der Waals surface area contributed by atoms with Crippen LogP contribution < -0.4 is 11.1 Å². The van der Waals surface area contributed by atoms with Gasteiger partial charge in [0, 0.05) is 29.6 Å². The normalized spacial score (nSPS) is 13.6. The van der Waals surface area contributed by atoms with Crippen molar-refractivity contribution in [1.29, 1.82) is 0 Å². The number of rotatable bonds is 5. The van der Waals surface area contributed by atoms with Crippen molar-refractivity contribution in [3.05, 3.63) is 70.7 Å². The van der Waals surface area contributed by atoms with Gasteiger partial charge in [-0.15, -0.1) is 11.3 Å². The lowest BCUT2D eigenvalue weighted by Gasteiger charge is -2.07. The number of thiazole rings is 1. The summed E-state index contributed by atoms with van der Waals surface area (Å²) in [4.78, 5) is 9.13. The van der Waals surface area contributed by atoms with Crippen LogP contribution in [0.3, 0.4) is 0 Å². The Balaban J connectivity index is 1.33. The molecular weight excluding hydrogens is 340 g/mol. The number of benzene rings is 2. The van der Waals surface area contributed by atoms with Gasteiger partial charge in [0.05, 0.1) is 5.69 Å². The average molecular weight is 363 g/mol. The molecule has 0 atom stereocenters. The van der Waals surface area contributed by atoms with E-state index in [1.165, 1.54) is 24.0 Å². The maximum absolute atomic E-state index is 6.03. The number of nitrogens with one attached hydrogen (secondary N) is 1. The Labute approximate surface area is 157 Å². The van der Waals surface area contributed by atoms with Gasteiger partial charge in [0.2, 0.25) is 0 Å². The Bertz CT molecular complexity index is 915. The molecular formula is C21H22N4S. The van der Waals surface area contributed by atoms with Crippen molar-refractivity contribution in [2.75, 3.05) is 11.9 Å². The van der Waals surface area contributed by atoms with Gasteiger partial charge in [-0.1, -0.05) is 36.4 Å². The van der Waals surface area contributed by atoms with Gasteiger partial charge in [0.1, 0.15) is 5.01 Å². The molecule has 4 rings (SSSR count). The molecule has 1 aromatic heterocycles. The molecule has 5 heteroatoms. The fraction of sp³-hybridized carbons (Fsp3) is 0.238. The fourth-order valence-electron chi connectivity index (χ4n) is 3.26. The Morgan fingerprint density at radius 2 is 1.96 bits per heavy atom. The highest BCUT2D eigenvalue weighted by atomic mass is 32.1. The Morgan fingerprint density at radius 1 is 1.12 bits per heavy atom. The second-order valence-electron chi connectivity index (χ2n) is 6.49. The van der Waals surface area contributed by atoms with Crippen molar-refractivity contribution >= 4 is 23.0 Å². The highest BCUT2D eigenvalue weighted by Gasteiger charge is 2.11. The minimum atomic E-state index is 0.460. The van der Waals surface area contributed by atoms with Crippen molar-refractivity contribution in [1.82, 2.24) is 4.98 Å². The van der Waals surface area contributed by atoms with E-state index in [-0.39, 0.29) is 0 Å². The van der Waals surface area contributed by atoms with Crippen LogP contribution in [0.25, 0.3) is 10.6 Å². The van der Waals surface area contributed by atoms with Crippen LogP contribution in [-0.4, -0.2) is 17.5 Å². The second-order valence-corrected chi connectivity index (χ2v) is 7.35. The Morgan fingerprint density at radius 3 is 2.85 bits per heavy atom. The third kappa shape index (κ3) is 3.94. The van der Waals surface area contributed by atoms with Crippen molar-refractivity contribution in [2.24, 2.45) is 10.7 Å². The molecule has 26 heavy (non-hydrogen) atoms. The fourth-order valence-corrected chi connectivity index (χ4v) is 4.12. The van der Waals surface area contributed by atoms with Crippen LogP contribution in [0.1, 0.15) is 23.2 Å². The van der Waals surface area contributed by atoms with E-state index >= 15 is 0 Å². The van der Waals surface area contributed by atoms with Crippen molar-refractivity contribution < 1.29 is 0 Å². The molecule has 4 nitrogen and oxygen atoms in total. The molecule has 0 spiro atoms. The highest BCUT2D eigenvalue weighted by molar-refractivity contribution is 7.13. The molecule has 132 valence electrons. The lowest BCUT2D eigenvalue weighted by Crippen LogP contribution is -2.23. The number of nitrogens with two attached hydrogens (primary N) is 1. The van der Waals surface area contributed by atoms with Gasteiger partial charge in [-0.25, -0.2) is 4.98 Å². The van der Waals surface area contributed by atoms with E-state index in [0.717, 1.165) is 34.8 Å². The third-order valence-electron chi connectivity index (χ3n) is 4.59. The zero-order valence-electron chi connectivity index (χ0n) is 14.6. The van der Waals surface area contributed by atoms with Gasteiger partial charge in [0.25, 0.3) is 0 Å². The molecule has 0 fully saturated rings. The number of hydrogen-bond acceptors (Lipinski definition) is 3. The largest absolute Gasteiger partial charge is 0.370 e. The van der Waals surface area contributed by atoms with Crippen LogP contribution in [0.2, 0.25) is 0 Å².